The Hall–Kier alpha value is -2.14. The van der Waals surface area contributed by atoms with Crippen LogP contribution in [0, 0.1) is 0 Å². The van der Waals surface area contributed by atoms with Crippen LogP contribution in [0.15, 0.2) is 67.0 Å². The van der Waals surface area contributed by atoms with Gasteiger partial charge in [0.25, 0.3) is 5.91 Å². The maximum absolute atomic E-state index is 12.4. The molecule has 1 atom stereocenters. The van der Waals surface area contributed by atoms with E-state index in [1.54, 1.807) is 12.4 Å². The fourth-order valence-electron chi connectivity index (χ4n) is 2.44. The molecular formula is C18H19Cl2N3O. The minimum absolute atomic E-state index is 0. The van der Waals surface area contributed by atoms with Crippen LogP contribution in [0.4, 0.5) is 0 Å². The molecule has 0 bridgehead atoms. The fourth-order valence-corrected chi connectivity index (χ4v) is 2.44. The lowest BCUT2D eigenvalue weighted by atomic mass is 10.1. The summed E-state index contributed by atoms with van der Waals surface area (Å²) in [6.45, 7) is 0.393. The summed E-state index contributed by atoms with van der Waals surface area (Å²) in [7, 11) is 0. The van der Waals surface area contributed by atoms with Gasteiger partial charge in [0.1, 0.15) is 0 Å². The summed E-state index contributed by atoms with van der Waals surface area (Å²) in [6, 6.07) is 17.0. The van der Waals surface area contributed by atoms with E-state index in [1.807, 2.05) is 54.6 Å². The second-order valence-corrected chi connectivity index (χ2v) is 5.13. The molecule has 0 fully saturated rings. The fraction of sp³-hybridized carbons (Fsp3) is 0.111. The molecule has 0 aliphatic rings. The summed E-state index contributed by atoms with van der Waals surface area (Å²) < 4.78 is 0. The molecule has 1 aromatic heterocycles. The first kappa shape index (κ1) is 19.9. The number of nitrogens with zero attached hydrogens (tertiary/aromatic N) is 1. The van der Waals surface area contributed by atoms with Crippen molar-refractivity contribution in [2.75, 3.05) is 6.54 Å². The number of nitrogens with one attached hydrogen (secondary N) is 1. The summed E-state index contributed by atoms with van der Waals surface area (Å²) in [5.41, 5.74) is 7.75. The molecule has 24 heavy (non-hydrogen) atoms. The number of fused-ring (bicyclic) bond motifs is 1. The Balaban J connectivity index is 0.00000144. The SMILES string of the molecule is Cl.Cl.NC(CNC(=O)c1cccc2cnccc12)c1ccccc1. The van der Waals surface area contributed by atoms with E-state index in [2.05, 4.69) is 10.3 Å². The summed E-state index contributed by atoms with van der Waals surface area (Å²) in [4.78, 5) is 16.5. The number of aromatic nitrogens is 1. The van der Waals surface area contributed by atoms with Gasteiger partial charge in [0.05, 0.1) is 0 Å². The monoisotopic (exact) mass is 363 g/mol. The summed E-state index contributed by atoms with van der Waals surface area (Å²) in [6.07, 6.45) is 3.44. The van der Waals surface area contributed by atoms with Crippen LogP contribution >= 0.6 is 24.8 Å². The third kappa shape index (κ3) is 4.45. The molecule has 1 unspecified atom stereocenters. The van der Waals surface area contributed by atoms with E-state index in [0.717, 1.165) is 16.3 Å². The molecular weight excluding hydrogens is 345 g/mol. The molecule has 1 amide bonds. The van der Waals surface area contributed by atoms with Crippen molar-refractivity contribution in [3.05, 3.63) is 78.1 Å². The van der Waals surface area contributed by atoms with Crippen molar-refractivity contribution in [3.8, 4) is 0 Å². The Labute approximate surface area is 153 Å². The number of pyridine rings is 1. The van der Waals surface area contributed by atoms with Gasteiger partial charge < -0.3 is 11.1 Å². The third-order valence-electron chi connectivity index (χ3n) is 3.64. The maximum atomic E-state index is 12.4. The highest BCUT2D eigenvalue weighted by Gasteiger charge is 2.12. The highest BCUT2D eigenvalue weighted by molar-refractivity contribution is 6.06. The number of carbonyl (C=O) groups excluding carboxylic acids is 1. The van der Waals surface area contributed by atoms with Crippen LogP contribution in [0.2, 0.25) is 0 Å². The Morgan fingerprint density at radius 1 is 1.04 bits per heavy atom. The Morgan fingerprint density at radius 3 is 2.54 bits per heavy atom. The molecule has 126 valence electrons. The quantitative estimate of drug-likeness (QED) is 0.745. The van der Waals surface area contributed by atoms with Crippen molar-refractivity contribution < 1.29 is 4.79 Å². The number of halogens is 2. The van der Waals surface area contributed by atoms with Crippen molar-refractivity contribution in [3.63, 3.8) is 0 Å². The van der Waals surface area contributed by atoms with Gasteiger partial charge in [0.2, 0.25) is 0 Å². The van der Waals surface area contributed by atoms with Gasteiger partial charge in [-0.25, -0.2) is 0 Å². The second kappa shape index (κ2) is 9.23. The number of nitrogens with two attached hydrogens (primary N) is 1. The summed E-state index contributed by atoms with van der Waals surface area (Å²) in [5.74, 6) is -0.122. The van der Waals surface area contributed by atoms with Crippen LogP contribution in [0.3, 0.4) is 0 Å². The minimum atomic E-state index is -0.221. The summed E-state index contributed by atoms with van der Waals surface area (Å²) in [5, 5.41) is 4.74. The lowest BCUT2D eigenvalue weighted by Crippen LogP contribution is -2.32. The van der Waals surface area contributed by atoms with E-state index in [9.17, 15) is 4.79 Å². The molecule has 6 heteroatoms. The first-order chi connectivity index (χ1) is 10.8. The van der Waals surface area contributed by atoms with Crippen LogP contribution in [-0.4, -0.2) is 17.4 Å². The predicted octanol–water partition coefficient (Wildman–Crippen LogP) is 3.51. The molecule has 0 saturated carbocycles. The van der Waals surface area contributed by atoms with Crippen molar-refractivity contribution in [1.82, 2.24) is 10.3 Å². The van der Waals surface area contributed by atoms with Crippen molar-refractivity contribution >= 4 is 41.5 Å². The molecule has 2 aromatic carbocycles. The van der Waals surface area contributed by atoms with E-state index in [4.69, 9.17) is 5.73 Å². The zero-order valence-electron chi connectivity index (χ0n) is 12.9. The van der Waals surface area contributed by atoms with Crippen molar-refractivity contribution in [2.45, 2.75) is 6.04 Å². The number of hydrogen-bond acceptors (Lipinski definition) is 3. The molecule has 4 nitrogen and oxygen atoms in total. The molecule has 0 aliphatic heterocycles. The van der Waals surface area contributed by atoms with Crippen LogP contribution in [0.25, 0.3) is 10.8 Å². The Bertz CT molecular complexity index is 791. The van der Waals surface area contributed by atoms with Gasteiger partial charge in [-0.15, -0.1) is 24.8 Å². The van der Waals surface area contributed by atoms with Crippen LogP contribution in [0.1, 0.15) is 22.0 Å². The number of carbonyl (C=O) groups is 1. The van der Waals surface area contributed by atoms with Gasteiger partial charge >= 0.3 is 0 Å². The smallest absolute Gasteiger partial charge is 0.251 e. The number of hydrogen-bond donors (Lipinski definition) is 2. The van der Waals surface area contributed by atoms with E-state index in [-0.39, 0.29) is 36.8 Å². The molecule has 0 spiro atoms. The van der Waals surface area contributed by atoms with Crippen molar-refractivity contribution in [1.29, 1.82) is 0 Å². The number of amides is 1. The molecule has 3 rings (SSSR count). The van der Waals surface area contributed by atoms with E-state index >= 15 is 0 Å². The van der Waals surface area contributed by atoms with E-state index in [1.165, 1.54) is 0 Å². The predicted molar refractivity (Wildman–Crippen MR) is 102 cm³/mol. The van der Waals surface area contributed by atoms with Crippen LogP contribution < -0.4 is 11.1 Å². The minimum Gasteiger partial charge on any atom is -0.350 e. The summed E-state index contributed by atoms with van der Waals surface area (Å²) >= 11 is 0. The van der Waals surface area contributed by atoms with Gasteiger partial charge in [-0.05, 0) is 23.1 Å². The zero-order chi connectivity index (χ0) is 15.4. The van der Waals surface area contributed by atoms with Crippen LogP contribution in [-0.2, 0) is 0 Å². The molecule has 0 saturated heterocycles. The van der Waals surface area contributed by atoms with Gasteiger partial charge in [0.15, 0.2) is 0 Å². The zero-order valence-corrected chi connectivity index (χ0v) is 14.5. The van der Waals surface area contributed by atoms with Gasteiger partial charge in [-0.2, -0.15) is 0 Å². The normalized spacial score (nSPS) is 11.0. The number of rotatable bonds is 4. The van der Waals surface area contributed by atoms with Gasteiger partial charge in [-0.1, -0.05) is 42.5 Å². The Kier molecular flexibility index (Phi) is 7.65. The number of benzene rings is 2. The Morgan fingerprint density at radius 2 is 1.79 bits per heavy atom. The largest absolute Gasteiger partial charge is 0.350 e. The maximum Gasteiger partial charge on any atom is 0.251 e. The molecule has 3 aromatic rings. The highest BCUT2D eigenvalue weighted by Crippen LogP contribution is 2.17. The standard InChI is InChI=1S/C18H17N3O.2ClH/c19-17(13-5-2-1-3-6-13)12-21-18(22)16-8-4-7-14-11-20-10-9-15(14)16;;/h1-11,17H,12,19H2,(H,21,22);2*1H. The first-order valence-corrected chi connectivity index (χ1v) is 7.17. The average Bonchev–Trinajstić information content (AvgIpc) is 2.59. The molecule has 0 aliphatic carbocycles. The lowest BCUT2D eigenvalue weighted by molar-refractivity contribution is 0.0953. The average molecular weight is 364 g/mol. The third-order valence-corrected chi connectivity index (χ3v) is 3.64. The topological polar surface area (TPSA) is 68.0 Å². The lowest BCUT2D eigenvalue weighted by Gasteiger charge is -2.14. The highest BCUT2D eigenvalue weighted by atomic mass is 35.5. The van der Waals surface area contributed by atoms with Gasteiger partial charge in [-0.3, -0.25) is 9.78 Å². The second-order valence-electron chi connectivity index (χ2n) is 5.13. The van der Waals surface area contributed by atoms with Crippen LogP contribution in [0.5, 0.6) is 0 Å². The van der Waals surface area contributed by atoms with Gasteiger partial charge in [0, 0.05) is 35.9 Å². The van der Waals surface area contributed by atoms with Crippen molar-refractivity contribution in [2.24, 2.45) is 5.73 Å². The van der Waals surface area contributed by atoms with E-state index in [0.29, 0.717) is 12.1 Å². The molecule has 0 radical (unpaired) electrons. The molecule has 3 N–H and O–H groups in total. The molecule has 1 heterocycles. The first-order valence-electron chi connectivity index (χ1n) is 7.17. The van der Waals surface area contributed by atoms with E-state index < -0.39 is 0 Å².